The van der Waals surface area contributed by atoms with Crippen LogP contribution >= 0.6 is 11.8 Å². The second-order valence-electron chi connectivity index (χ2n) is 6.60. The first-order valence-electron chi connectivity index (χ1n) is 8.80. The van der Waals surface area contributed by atoms with Crippen LogP contribution in [0.3, 0.4) is 0 Å². The second-order valence-corrected chi connectivity index (χ2v) is 7.70. The van der Waals surface area contributed by atoms with E-state index < -0.39 is 12.0 Å². The molecule has 2 atom stereocenters. The lowest BCUT2D eigenvalue weighted by atomic mass is 10.0. The molecule has 28 heavy (non-hydrogen) atoms. The number of amides is 1. The number of methoxy groups -OCH3 is 1. The summed E-state index contributed by atoms with van der Waals surface area (Å²) < 4.78 is 16.3. The maximum absolute atomic E-state index is 12.9. The molecular weight excluding hydrogens is 380 g/mol. The first kappa shape index (κ1) is 18.6. The number of aryl methyl sites for hydroxylation is 1. The van der Waals surface area contributed by atoms with Crippen molar-refractivity contribution in [3.05, 3.63) is 59.2 Å². The zero-order valence-electron chi connectivity index (χ0n) is 15.5. The van der Waals surface area contributed by atoms with Crippen LogP contribution in [-0.2, 0) is 20.9 Å². The fourth-order valence-corrected chi connectivity index (χ4v) is 4.53. The number of rotatable bonds is 5. The van der Waals surface area contributed by atoms with Crippen molar-refractivity contribution in [2.45, 2.75) is 24.9 Å². The first-order chi connectivity index (χ1) is 13.5. The number of β-lactam (4-membered cyclic amide) rings is 1. The molecule has 1 saturated heterocycles. The Morgan fingerprint density at radius 2 is 2.04 bits per heavy atom. The second kappa shape index (κ2) is 7.37. The predicted molar refractivity (Wildman–Crippen MR) is 104 cm³/mol. The molecule has 146 valence electrons. The standard InChI is InChI=1S/C20H20N2O5S/c1-11-3-8-15(27-11)14-10-28-19-16(21)18(23)22(19)17(14)20(24)26-9-12-4-6-13(25-2)7-5-12/h3-8,16,19H,9-10,21H2,1-2H3/t16-,19+/m0/s1. The molecule has 7 nitrogen and oxygen atoms in total. The zero-order valence-corrected chi connectivity index (χ0v) is 16.3. The quantitative estimate of drug-likeness (QED) is 0.608. The molecule has 1 amide bonds. The van der Waals surface area contributed by atoms with E-state index in [0.717, 1.165) is 17.1 Å². The van der Waals surface area contributed by atoms with Crippen molar-refractivity contribution in [3.63, 3.8) is 0 Å². The molecule has 0 saturated carbocycles. The highest BCUT2D eigenvalue weighted by Crippen LogP contribution is 2.43. The van der Waals surface area contributed by atoms with Crippen LogP contribution in [0.5, 0.6) is 5.75 Å². The van der Waals surface area contributed by atoms with Gasteiger partial charge in [0.1, 0.15) is 41.0 Å². The van der Waals surface area contributed by atoms with E-state index in [-0.39, 0.29) is 23.6 Å². The van der Waals surface area contributed by atoms with Crippen LogP contribution in [0.2, 0.25) is 0 Å². The van der Waals surface area contributed by atoms with Gasteiger partial charge in [-0.1, -0.05) is 12.1 Å². The number of nitrogens with zero attached hydrogens (tertiary/aromatic N) is 1. The number of hydrogen-bond donors (Lipinski definition) is 1. The van der Waals surface area contributed by atoms with E-state index in [0.29, 0.717) is 17.1 Å². The van der Waals surface area contributed by atoms with Crippen LogP contribution in [0.1, 0.15) is 17.1 Å². The van der Waals surface area contributed by atoms with Gasteiger partial charge in [0.2, 0.25) is 5.91 Å². The number of benzene rings is 1. The molecule has 1 aromatic carbocycles. The third kappa shape index (κ3) is 3.18. The summed E-state index contributed by atoms with van der Waals surface area (Å²) in [6.07, 6.45) is 0. The van der Waals surface area contributed by atoms with Crippen molar-refractivity contribution in [2.24, 2.45) is 5.73 Å². The third-order valence-corrected chi connectivity index (χ3v) is 6.07. The van der Waals surface area contributed by atoms with Crippen molar-refractivity contribution in [1.29, 1.82) is 0 Å². The van der Waals surface area contributed by atoms with E-state index >= 15 is 0 Å². The molecule has 2 aromatic rings. The number of nitrogens with two attached hydrogens (primary N) is 1. The molecule has 1 fully saturated rings. The molecule has 0 unspecified atom stereocenters. The van der Waals surface area contributed by atoms with Gasteiger partial charge < -0.3 is 19.6 Å². The minimum Gasteiger partial charge on any atom is -0.497 e. The Morgan fingerprint density at radius 3 is 2.68 bits per heavy atom. The van der Waals surface area contributed by atoms with Crippen molar-refractivity contribution >= 4 is 29.2 Å². The largest absolute Gasteiger partial charge is 0.497 e. The number of hydrogen-bond acceptors (Lipinski definition) is 7. The van der Waals surface area contributed by atoms with Gasteiger partial charge in [-0.15, -0.1) is 11.8 Å². The fourth-order valence-electron chi connectivity index (χ4n) is 3.23. The zero-order chi connectivity index (χ0) is 19.8. The van der Waals surface area contributed by atoms with Gasteiger partial charge in [0.15, 0.2) is 0 Å². The highest BCUT2D eigenvalue weighted by Gasteiger charge is 2.52. The minimum absolute atomic E-state index is 0.0860. The van der Waals surface area contributed by atoms with Crippen LogP contribution < -0.4 is 10.5 Å². The van der Waals surface area contributed by atoms with E-state index in [4.69, 9.17) is 19.6 Å². The van der Waals surface area contributed by atoms with Gasteiger partial charge in [-0.25, -0.2) is 4.79 Å². The number of ether oxygens (including phenoxy) is 2. The molecule has 0 bridgehead atoms. The van der Waals surface area contributed by atoms with Gasteiger partial charge in [0.05, 0.1) is 7.11 Å². The smallest absolute Gasteiger partial charge is 0.355 e. The maximum Gasteiger partial charge on any atom is 0.355 e. The molecule has 2 N–H and O–H groups in total. The number of carbonyl (C=O) groups excluding carboxylic acids is 2. The van der Waals surface area contributed by atoms with Crippen LogP contribution in [0.15, 0.2) is 46.5 Å². The van der Waals surface area contributed by atoms with Crippen LogP contribution in [0.4, 0.5) is 0 Å². The van der Waals surface area contributed by atoms with E-state index in [2.05, 4.69) is 0 Å². The van der Waals surface area contributed by atoms with E-state index in [1.807, 2.05) is 25.1 Å². The maximum atomic E-state index is 12.9. The Labute approximate surface area is 166 Å². The summed E-state index contributed by atoms with van der Waals surface area (Å²) in [5.41, 5.74) is 7.58. The monoisotopic (exact) mass is 400 g/mol. The molecule has 0 radical (unpaired) electrons. The Morgan fingerprint density at radius 1 is 1.29 bits per heavy atom. The van der Waals surface area contributed by atoms with Crippen LogP contribution in [-0.4, -0.2) is 41.1 Å². The van der Waals surface area contributed by atoms with E-state index in [9.17, 15) is 9.59 Å². The van der Waals surface area contributed by atoms with Crippen molar-refractivity contribution in [2.75, 3.05) is 12.9 Å². The Kier molecular flexibility index (Phi) is 4.91. The molecule has 0 aliphatic carbocycles. The first-order valence-corrected chi connectivity index (χ1v) is 9.84. The molecule has 4 rings (SSSR count). The number of esters is 1. The molecule has 1 aromatic heterocycles. The molecule has 8 heteroatoms. The van der Waals surface area contributed by atoms with Gasteiger partial charge in [0.25, 0.3) is 0 Å². The summed E-state index contributed by atoms with van der Waals surface area (Å²) in [6, 6.07) is 10.3. The molecule has 2 aliphatic rings. The van der Waals surface area contributed by atoms with Gasteiger partial charge in [-0.2, -0.15) is 0 Å². The van der Waals surface area contributed by atoms with E-state index in [1.165, 1.54) is 16.7 Å². The third-order valence-electron chi connectivity index (χ3n) is 4.77. The number of thioether (sulfide) groups is 1. The van der Waals surface area contributed by atoms with Gasteiger partial charge in [0, 0.05) is 11.3 Å². The van der Waals surface area contributed by atoms with Crippen molar-refractivity contribution in [3.8, 4) is 5.75 Å². The number of carbonyl (C=O) groups is 2. The van der Waals surface area contributed by atoms with Crippen molar-refractivity contribution < 1.29 is 23.5 Å². The summed E-state index contributed by atoms with van der Waals surface area (Å²) in [7, 11) is 1.59. The fraction of sp³-hybridized carbons (Fsp3) is 0.300. The lowest BCUT2D eigenvalue weighted by molar-refractivity contribution is -0.151. The summed E-state index contributed by atoms with van der Waals surface area (Å²) in [6.45, 7) is 1.91. The highest BCUT2D eigenvalue weighted by molar-refractivity contribution is 8.00. The Hall–Kier alpha value is -2.71. The summed E-state index contributed by atoms with van der Waals surface area (Å²) in [5, 5.41) is -0.254. The molecular formula is C20H20N2O5S. The van der Waals surface area contributed by atoms with E-state index in [1.54, 1.807) is 25.3 Å². The lowest BCUT2D eigenvalue weighted by Crippen LogP contribution is -2.68. The molecule has 0 spiro atoms. The number of furan rings is 1. The van der Waals surface area contributed by atoms with Crippen molar-refractivity contribution in [1.82, 2.24) is 4.90 Å². The predicted octanol–water partition coefficient (Wildman–Crippen LogP) is 2.29. The topological polar surface area (TPSA) is 95.0 Å². The summed E-state index contributed by atoms with van der Waals surface area (Å²) in [5.74, 6) is 1.68. The SMILES string of the molecule is COc1ccc(COC(=O)C2=C(c3ccc(C)o3)CS[C@@H]3[C@@H](N)C(=O)N23)cc1. The minimum atomic E-state index is -0.603. The average molecular weight is 400 g/mol. The summed E-state index contributed by atoms with van der Waals surface area (Å²) in [4.78, 5) is 26.7. The van der Waals surface area contributed by atoms with Crippen LogP contribution in [0, 0.1) is 6.92 Å². The lowest BCUT2D eigenvalue weighted by Gasteiger charge is -2.48. The average Bonchev–Trinajstić information content (AvgIpc) is 3.16. The van der Waals surface area contributed by atoms with Gasteiger partial charge in [-0.3, -0.25) is 9.69 Å². The molecule has 3 heterocycles. The number of fused-ring (bicyclic) bond motifs is 1. The summed E-state index contributed by atoms with van der Waals surface area (Å²) >= 11 is 1.52. The highest BCUT2D eigenvalue weighted by atomic mass is 32.2. The van der Waals surface area contributed by atoms with Gasteiger partial charge in [-0.05, 0) is 36.8 Å². The molecule has 2 aliphatic heterocycles. The van der Waals surface area contributed by atoms with Crippen LogP contribution in [0.25, 0.3) is 5.57 Å². The normalized spacial score (nSPS) is 21.2. The Balaban J connectivity index is 1.60. The Bertz CT molecular complexity index is 950. The van der Waals surface area contributed by atoms with Gasteiger partial charge >= 0.3 is 5.97 Å².